The fourth-order valence-corrected chi connectivity index (χ4v) is 2.12. The summed E-state index contributed by atoms with van der Waals surface area (Å²) in [5, 5.41) is 0.477. The molecule has 0 fully saturated rings. The maximum atomic E-state index is 11.3. The van der Waals surface area contributed by atoms with E-state index in [1.54, 1.807) is 18.2 Å². The van der Waals surface area contributed by atoms with Gasteiger partial charge in [-0.3, -0.25) is 0 Å². The van der Waals surface area contributed by atoms with Crippen LogP contribution in [0.2, 0.25) is 10.0 Å². The molecule has 68 valence electrons. The van der Waals surface area contributed by atoms with E-state index in [0.717, 1.165) is 0 Å². The highest BCUT2D eigenvalue weighted by atomic mass is 35.5. The Morgan fingerprint density at radius 2 is 1.77 bits per heavy atom. The Labute approximate surface area is 86.6 Å². The van der Waals surface area contributed by atoms with Gasteiger partial charge in [-0.15, -0.1) is 0 Å². The topological polar surface area (TPSA) is 34.1 Å². The number of benzene rings is 1. The molecule has 5 heteroatoms. The van der Waals surface area contributed by atoms with E-state index in [0.29, 0.717) is 0 Å². The molecule has 0 aliphatic heterocycles. The maximum Gasteiger partial charge on any atom is 0.417 e. The van der Waals surface area contributed by atoms with Crippen LogP contribution < -0.4 is 0 Å². The van der Waals surface area contributed by atoms with Crippen molar-refractivity contribution in [2.75, 3.05) is 6.66 Å². The van der Waals surface area contributed by atoms with Gasteiger partial charge in [0, 0.05) is 0 Å². The van der Waals surface area contributed by atoms with Gasteiger partial charge < -0.3 is 0 Å². The quantitative estimate of drug-likeness (QED) is 0.735. The summed E-state index contributed by atoms with van der Waals surface area (Å²) in [6.07, 6.45) is 0. The highest BCUT2D eigenvalue weighted by Crippen LogP contribution is 2.32. The zero-order valence-electron chi connectivity index (χ0n) is 6.75. The Morgan fingerprint density at radius 1 is 1.31 bits per heavy atom. The predicted molar refractivity (Wildman–Crippen MR) is 54.3 cm³/mol. The van der Waals surface area contributed by atoms with Crippen LogP contribution >= 0.6 is 31.0 Å². The third-order valence-electron chi connectivity index (χ3n) is 1.46. The van der Waals surface area contributed by atoms with E-state index in [9.17, 15) is 9.36 Å². The number of carbonyl (C=O) groups excluding carboxylic acids is 1. The number of carbonyl (C=O) groups is 1. The van der Waals surface area contributed by atoms with E-state index in [1.807, 2.05) is 0 Å². The summed E-state index contributed by atoms with van der Waals surface area (Å²) < 4.78 is 10.9. The van der Waals surface area contributed by atoms with E-state index in [1.165, 1.54) is 6.66 Å². The minimum atomic E-state index is -1.93. The van der Waals surface area contributed by atoms with Crippen LogP contribution in [-0.4, -0.2) is 12.2 Å². The average Bonchev–Trinajstić information content (AvgIpc) is 2.03. The van der Waals surface area contributed by atoms with Crippen molar-refractivity contribution in [3.63, 3.8) is 0 Å². The van der Waals surface area contributed by atoms with Crippen molar-refractivity contribution in [1.82, 2.24) is 0 Å². The zero-order valence-corrected chi connectivity index (χ0v) is 9.16. The Kier molecular flexibility index (Phi) is 3.43. The summed E-state index contributed by atoms with van der Waals surface area (Å²) >= 11 is 11.5. The van der Waals surface area contributed by atoms with E-state index in [4.69, 9.17) is 23.2 Å². The summed E-state index contributed by atoms with van der Waals surface area (Å²) in [5.41, 5.74) is -0.361. The van der Waals surface area contributed by atoms with Crippen molar-refractivity contribution in [1.29, 1.82) is 0 Å². The van der Waals surface area contributed by atoms with E-state index >= 15 is 0 Å². The first-order chi connectivity index (χ1) is 6.04. The molecule has 1 atom stereocenters. The molecule has 0 N–H and O–H groups in total. The lowest BCUT2D eigenvalue weighted by Crippen LogP contribution is -1.94. The van der Waals surface area contributed by atoms with Gasteiger partial charge in [0.1, 0.15) is 12.2 Å². The van der Waals surface area contributed by atoms with Crippen LogP contribution in [0.15, 0.2) is 18.2 Å². The summed E-state index contributed by atoms with van der Waals surface area (Å²) in [6, 6.07) is 4.71. The SMILES string of the molecule is C[P+](=O)C(=O)c1c(Cl)cccc1Cl. The van der Waals surface area contributed by atoms with Gasteiger partial charge in [-0.25, -0.2) is 4.79 Å². The molecule has 0 saturated heterocycles. The van der Waals surface area contributed by atoms with Gasteiger partial charge in [-0.2, -0.15) is 0 Å². The summed E-state index contributed by atoms with van der Waals surface area (Å²) in [4.78, 5) is 11.3. The number of hydrogen-bond donors (Lipinski definition) is 0. The largest absolute Gasteiger partial charge is 0.417 e. The second kappa shape index (κ2) is 4.19. The van der Waals surface area contributed by atoms with Crippen molar-refractivity contribution in [3.05, 3.63) is 33.8 Å². The normalized spacial score (nSPS) is 11.2. The number of hydrogen-bond acceptors (Lipinski definition) is 2. The molecular formula is C8H6Cl2O2P+. The maximum absolute atomic E-state index is 11.3. The molecule has 0 bridgehead atoms. The molecule has 1 unspecified atom stereocenters. The van der Waals surface area contributed by atoms with Crippen LogP contribution in [0.1, 0.15) is 10.4 Å². The van der Waals surface area contributed by atoms with Crippen LogP contribution in [0, 0.1) is 0 Å². The van der Waals surface area contributed by atoms with E-state index in [-0.39, 0.29) is 15.6 Å². The van der Waals surface area contributed by atoms with Gasteiger partial charge in [-0.1, -0.05) is 33.8 Å². The summed E-state index contributed by atoms with van der Waals surface area (Å²) in [6.45, 7) is 1.33. The second-order valence-corrected chi connectivity index (χ2v) is 4.61. The van der Waals surface area contributed by atoms with Crippen LogP contribution in [-0.2, 0) is 4.57 Å². The fraction of sp³-hybridized carbons (Fsp3) is 0.125. The first kappa shape index (κ1) is 10.6. The molecule has 0 aliphatic rings. The molecule has 0 aromatic heterocycles. The second-order valence-electron chi connectivity index (χ2n) is 2.40. The fourth-order valence-electron chi connectivity index (χ4n) is 0.860. The third-order valence-corrected chi connectivity index (χ3v) is 2.89. The minimum Gasteiger partial charge on any atom is -0.234 e. The first-order valence-electron chi connectivity index (χ1n) is 3.43. The van der Waals surface area contributed by atoms with E-state index < -0.39 is 13.3 Å². The smallest absolute Gasteiger partial charge is 0.234 e. The van der Waals surface area contributed by atoms with Gasteiger partial charge in [0.2, 0.25) is 0 Å². The predicted octanol–water partition coefficient (Wildman–Crippen LogP) is 3.59. The molecule has 0 aliphatic carbocycles. The first-order valence-corrected chi connectivity index (χ1v) is 5.89. The number of rotatable bonds is 2. The van der Waals surface area contributed by atoms with Gasteiger partial charge in [0.05, 0.1) is 10.0 Å². The van der Waals surface area contributed by atoms with E-state index in [2.05, 4.69) is 0 Å². The molecule has 1 rings (SSSR count). The van der Waals surface area contributed by atoms with Gasteiger partial charge in [0.15, 0.2) is 0 Å². The molecule has 0 radical (unpaired) electrons. The van der Waals surface area contributed by atoms with Gasteiger partial charge in [0.25, 0.3) is 0 Å². The molecule has 1 aromatic carbocycles. The van der Waals surface area contributed by atoms with Crippen molar-refractivity contribution < 1.29 is 9.36 Å². The number of halogens is 2. The van der Waals surface area contributed by atoms with Crippen molar-refractivity contribution in [2.45, 2.75) is 0 Å². The monoisotopic (exact) mass is 235 g/mol. The Bertz CT molecular complexity index is 356. The van der Waals surface area contributed by atoms with Crippen molar-refractivity contribution in [3.8, 4) is 0 Å². The molecule has 0 saturated carbocycles. The highest BCUT2D eigenvalue weighted by molar-refractivity contribution is 7.63. The standard InChI is InChI=1S/C8H6Cl2O2P/c1-13(12)8(11)7-5(9)3-2-4-6(7)10/h2-4H,1H3/q+1. The molecule has 1 aromatic rings. The Morgan fingerprint density at radius 3 is 2.15 bits per heavy atom. The molecule has 0 spiro atoms. The Hall–Kier alpha value is -0.430. The molecule has 0 heterocycles. The van der Waals surface area contributed by atoms with Gasteiger partial charge >= 0.3 is 13.3 Å². The highest BCUT2D eigenvalue weighted by Gasteiger charge is 2.28. The molecular weight excluding hydrogens is 230 g/mol. The van der Waals surface area contributed by atoms with Crippen molar-refractivity contribution >= 4 is 36.5 Å². The van der Waals surface area contributed by atoms with Crippen LogP contribution in [0.25, 0.3) is 0 Å². The van der Waals surface area contributed by atoms with Crippen LogP contribution in [0.4, 0.5) is 0 Å². The van der Waals surface area contributed by atoms with Crippen LogP contribution in [0.3, 0.4) is 0 Å². The molecule has 0 amide bonds. The lowest BCUT2D eigenvalue weighted by atomic mass is 10.2. The van der Waals surface area contributed by atoms with Gasteiger partial charge in [-0.05, 0) is 12.1 Å². The Balaban J connectivity index is 3.28. The van der Waals surface area contributed by atoms with Crippen LogP contribution in [0.5, 0.6) is 0 Å². The summed E-state index contributed by atoms with van der Waals surface area (Å²) in [7, 11) is -1.93. The van der Waals surface area contributed by atoms with Crippen molar-refractivity contribution in [2.24, 2.45) is 0 Å². The zero-order chi connectivity index (χ0) is 10.0. The summed E-state index contributed by atoms with van der Waals surface area (Å²) in [5.74, 6) is 0. The minimum absolute atomic E-state index is 0.148. The third kappa shape index (κ3) is 2.28. The molecule has 13 heavy (non-hydrogen) atoms. The molecule has 2 nitrogen and oxygen atoms in total. The average molecular weight is 236 g/mol. The lowest BCUT2D eigenvalue weighted by Gasteiger charge is -1.97. The lowest BCUT2D eigenvalue weighted by molar-refractivity contribution is 0.107.